The molecule has 0 fully saturated rings. The van der Waals surface area contributed by atoms with Crippen molar-refractivity contribution in [3.63, 3.8) is 0 Å². The summed E-state index contributed by atoms with van der Waals surface area (Å²) < 4.78 is 11.6. The molecule has 1 aliphatic heterocycles. The number of carboxylic acid groups (broad SMARTS) is 2. The van der Waals surface area contributed by atoms with Gasteiger partial charge in [0.1, 0.15) is 23.0 Å². The van der Waals surface area contributed by atoms with Gasteiger partial charge in [0.25, 0.3) is 0 Å². The first-order chi connectivity index (χ1) is 22.0. The van der Waals surface area contributed by atoms with E-state index in [2.05, 4.69) is 0 Å². The monoisotopic (exact) mass is 652 g/mol. The molecule has 0 saturated carbocycles. The van der Waals surface area contributed by atoms with Crippen LogP contribution in [0, 0.1) is 0 Å². The third kappa shape index (κ3) is 4.48. The van der Waals surface area contributed by atoms with E-state index in [1.807, 2.05) is 0 Å². The van der Waals surface area contributed by atoms with Crippen LogP contribution in [-0.4, -0.2) is 83.2 Å². The molecule has 1 heterocycles. The standard InChI is InChI=1S/C32H28O15/c1-9-19-11(3-13(46-9)7-18(37)38)4-16-21(28(19)42)26(40)15-8-32(16,47-10(2)33)24-20(15)29(43)23-22(30(24)44)25(39)14(27(41)31(23)45)5-12(34)6-17(35)36/h4,9,12-13,15,34,39,42-44H,3,5-8H2,1-2H3,(H,35,36)(H,37,38)/t9-,12+,13+,15+,32-/m0/s1. The van der Waals surface area contributed by atoms with Crippen molar-refractivity contribution in [2.24, 2.45) is 0 Å². The number of phenolic OH excluding ortho intramolecular Hbond substituents is 3. The second-order valence-corrected chi connectivity index (χ2v) is 12.1. The van der Waals surface area contributed by atoms with Crippen molar-refractivity contribution in [2.45, 2.75) is 75.8 Å². The molecule has 5 atom stereocenters. The average Bonchev–Trinajstić information content (AvgIpc) is 3.26. The molecule has 2 aromatic carbocycles. The number of carbonyl (C=O) groups excluding carboxylic acids is 4. The SMILES string of the molecule is CC(=O)O[C@@]12C[C@@H](C(=O)c3c1cc1c(c3O)[C@H](C)O[C@@H](CC(=O)O)C1)c1c(O)c3c(c(O)c12)C(O)=C(C[C@@H](O)CC(=O)O)C(=O)C3=O. The Morgan fingerprint density at radius 1 is 0.957 bits per heavy atom. The van der Waals surface area contributed by atoms with E-state index in [-0.39, 0.29) is 35.1 Å². The summed E-state index contributed by atoms with van der Waals surface area (Å²) in [5.74, 6) is -12.1. The number of ketones is 3. The zero-order valence-electron chi connectivity index (χ0n) is 24.8. The highest BCUT2D eigenvalue weighted by Gasteiger charge is 2.61. The maximum Gasteiger partial charge on any atom is 0.305 e. The van der Waals surface area contributed by atoms with Crippen LogP contribution >= 0.6 is 0 Å². The summed E-state index contributed by atoms with van der Waals surface area (Å²) in [4.78, 5) is 75.7. The van der Waals surface area contributed by atoms with Crippen molar-refractivity contribution < 1.29 is 74.0 Å². The maximum absolute atomic E-state index is 14.1. The summed E-state index contributed by atoms with van der Waals surface area (Å²) in [7, 11) is 0. The lowest BCUT2D eigenvalue weighted by molar-refractivity contribution is -0.154. The quantitative estimate of drug-likeness (QED) is 0.128. The molecular formula is C32H28O15. The molecule has 2 bridgehead atoms. The van der Waals surface area contributed by atoms with Gasteiger partial charge in [-0.25, -0.2) is 0 Å². The Labute approximate surface area is 264 Å². The van der Waals surface area contributed by atoms with Gasteiger partial charge in [0.2, 0.25) is 11.6 Å². The lowest BCUT2D eigenvalue weighted by Crippen LogP contribution is -2.38. The summed E-state index contributed by atoms with van der Waals surface area (Å²) >= 11 is 0. The fourth-order valence-corrected chi connectivity index (χ4v) is 7.57. The molecule has 15 heteroatoms. The van der Waals surface area contributed by atoms with Gasteiger partial charge >= 0.3 is 17.9 Å². The van der Waals surface area contributed by atoms with Gasteiger partial charge in [-0.1, -0.05) is 0 Å². The van der Waals surface area contributed by atoms with Crippen molar-refractivity contribution in [3.05, 3.63) is 56.1 Å². The lowest BCUT2D eigenvalue weighted by atomic mass is 9.73. The number of carbonyl (C=O) groups is 6. The smallest absolute Gasteiger partial charge is 0.305 e. The Balaban J connectivity index is 1.64. The maximum atomic E-state index is 14.1. The van der Waals surface area contributed by atoms with E-state index in [0.29, 0.717) is 5.56 Å². The number of fused-ring (bicyclic) bond motifs is 9. The molecule has 47 heavy (non-hydrogen) atoms. The molecule has 0 saturated heterocycles. The number of hydrogen-bond acceptors (Lipinski definition) is 13. The predicted octanol–water partition coefficient (Wildman–Crippen LogP) is 2.03. The van der Waals surface area contributed by atoms with Crippen molar-refractivity contribution in [2.75, 3.05) is 0 Å². The summed E-state index contributed by atoms with van der Waals surface area (Å²) in [6.07, 6.45) is -5.93. The summed E-state index contributed by atoms with van der Waals surface area (Å²) in [6.45, 7) is 2.58. The third-order valence-electron chi connectivity index (χ3n) is 9.20. The van der Waals surface area contributed by atoms with Gasteiger partial charge in [-0.2, -0.15) is 0 Å². The molecular weight excluding hydrogens is 624 g/mol. The molecule has 6 rings (SSSR count). The van der Waals surface area contributed by atoms with Crippen LogP contribution in [0.25, 0.3) is 5.76 Å². The number of hydrogen-bond donors (Lipinski definition) is 7. The van der Waals surface area contributed by atoms with Crippen LogP contribution in [0.2, 0.25) is 0 Å². The lowest BCUT2D eigenvalue weighted by Gasteiger charge is -2.38. The van der Waals surface area contributed by atoms with Crippen molar-refractivity contribution in [3.8, 4) is 17.2 Å². The molecule has 0 amide bonds. The van der Waals surface area contributed by atoms with E-state index in [0.717, 1.165) is 6.92 Å². The zero-order valence-corrected chi connectivity index (χ0v) is 24.8. The molecule has 4 aliphatic rings. The number of esters is 1. The van der Waals surface area contributed by atoms with E-state index in [1.165, 1.54) is 6.07 Å². The Hall–Kier alpha value is -5.28. The molecule has 2 aromatic rings. The first-order valence-electron chi connectivity index (χ1n) is 14.5. The van der Waals surface area contributed by atoms with Gasteiger partial charge in [-0.15, -0.1) is 0 Å². The number of Topliss-reactive ketones (excluding diaryl/α,β-unsaturated/α-hetero) is 3. The topological polar surface area (TPSA) is 262 Å². The molecule has 3 aliphatic carbocycles. The first kappa shape index (κ1) is 31.7. The fourth-order valence-electron chi connectivity index (χ4n) is 7.57. The van der Waals surface area contributed by atoms with Gasteiger partial charge in [-0.3, -0.25) is 28.8 Å². The first-order valence-corrected chi connectivity index (χ1v) is 14.5. The Bertz CT molecular complexity index is 1900. The Morgan fingerprint density at radius 3 is 2.23 bits per heavy atom. The van der Waals surface area contributed by atoms with E-state index < -0.39 is 130 Å². The molecule has 0 spiro atoms. The fraction of sp³-hybridized carbons (Fsp3) is 0.375. The highest BCUT2D eigenvalue weighted by Crippen LogP contribution is 2.65. The van der Waals surface area contributed by atoms with Crippen LogP contribution in [0.15, 0.2) is 11.6 Å². The molecule has 0 radical (unpaired) electrons. The number of aliphatic hydroxyl groups excluding tert-OH is 2. The van der Waals surface area contributed by atoms with Crippen LogP contribution in [-0.2, 0) is 40.7 Å². The van der Waals surface area contributed by atoms with Crippen molar-refractivity contribution in [1.82, 2.24) is 0 Å². The third-order valence-corrected chi connectivity index (χ3v) is 9.20. The minimum Gasteiger partial charge on any atom is -0.507 e. The Kier molecular flexibility index (Phi) is 7.17. The normalized spacial score (nSPS) is 24.7. The number of ether oxygens (including phenoxy) is 2. The highest BCUT2D eigenvalue weighted by atomic mass is 16.6. The van der Waals surface area contributed by atoms with E-state index in [4.69, 9.17) is 14.6 Å². The average molecular weight is 653 g/mol. The second kappa shape index (κ2) is 10.6. The van der Waals surface area contributed by atoms with Crippen molar-refractivity contribution >= 4 is 41.0 Å². The summed E-state index contributed by atoms with van der Waals surface area (Å²) in [5, 5.41) is 74.6. The van der Waals surface area contributed by atoms with Crippen LogP contribution in [0.4, 0.5) is 0 Å². The number of phenols is 3. The van der Waals surface area contributed by atoms with Gasteiger partial charge in [0.15, 0.2) is 11.4 Å². The largest absolute Gasteiger partial charge is 0.507 e. The summed E-state index contributed by atoms with van der Waals surface area (Å²) in [5.41, 5.74) is -5.14. The Morgan fingerprint density at radius 2 is 1.62 bits per heavy atom. The molecule has 246 valence electrons. The van der Waals surface area contributed by atoms with E-state index in [1.54, 1.807) is 6.92 Å². The van der Waals surface area contributed by atoms with Crippen LogP contribution in [0.1, 0.15) is 106 Å². The summed E-state index contributed by atoms with van der Waals surface area (Å²) in [6, 6.07) is 1.43. The van der Waals surface area contributed by atoms with E-state index >= 15 is 0 Å². The number of carboxylic acids is 2. The van der Waals surface area contributed by atoms with Crippen molar-refractivity contribution in [1.29, 1.82) is 0 Å². The van der Waals surface area contributed by atoms with Gasteiger partial charge in [0, 0.05) is 42.0 Å². The number of aromatic hydroxyl groups is 3. The number of rotatable bonds is 7. The molecule has 7 N–H and O–H groups in total. The van der Waals surface area contributed by atoms with Gasteiger partial charge < -0.3 is 45.2 Å². The van der Waals surface area contributed by atoms with Crippen LogP contribution in [0.5, 0.6) is 17.2 Å². The minimum atomic E-state index is -2.10. The zero-order chi connectivity index (χ0) is 34.4. The predicted molar refractivity (Wildman–Crippen MR) is 153 cm³/mol. The molecule has 0 aromatic heterocycles. The van der Waals surface area contributed by atoms with Crippen LogP contribution in [0.3, 0.4) is 0 Å². The number of aliphatic carboxylic acids is 2. The molecule has 0 unspecified atom stereocenters. The number of benzene rings is 2. The molecule has 15 nitrogen and oxygen atoms in total. The van der Waals surface area contributed by atoms with Gasteiger partial charge in [-0.05, 0) is 25.0 Å². The van der Waals surface area contributed by atoms with Gasteiger partial charge in [0.05, 0.1) is 59.3 Å². The minimum absolute atomic E-state index is 0.0307. The van der Waals surface area contributed by atoms with Crippen LogP contribution < -0.4 is 0 Å². The second-order valence-electron chi connectivity index (χ2n) is 12.1. The highest BCUT2D eigenvalue weighted by molar-refractivity contribution is 6.53. The van der Waals surface area contributed by atoms with E-state index in [9.17, 15) is 59.4 Å². The number of aliphatic hydroxyl groups is 2.